The highest BCUT2D eigenvalue weighted by atomic mass is 16.5. The molecular formula is C11H22N2O4. The third-order valence-corrected chi connectivity index (χ3v) is 2.16. The van der Waals surface area contributed by atoms with Crippen LogP contribution in [0.3, 0.4) is 0 Å². The summed E-state index contributed by atoms with van der Waals surface area (Å²) in [4.78, 5) is 23.9. The van der Waals surface area contributed by atoms with Crippen LogP contribution in [0.5, 0.6) is 0 Å². The lowest BCUT2D eigenvalue weighted by Crippen LogP contribution is -2.51. The summed E-state index contributed by atoms with van der Waals surface area (Å²) in [5.74, 6) is -1.24. The molecule has 0 bridgehead atoms. The van der Waals surface area contributed by atoms with Gasteiger partial charge in [0.25, 0.3) is 0 Å². The normalized spacial score (nSPS) is 11.3. The van der Waals surface area contributed by atoms with Crippen molar-refractivity contribution in [2.24, 2.45) is 0 Å². The van der Waals surface area contributed by atoms with E-state index in [-0.39, 0.29) is 19.0 Å². The van der Waals surface area contributed by atoms with Gasteiger partial charge in [0.05, 0.1) is 13.2 Å². The van der Waals surface area contributed by atoms with Crippen LogP contribution in [-0.2, 0) is 14.3 Å². The SMILES string of the molecule is COCCNCC(=O)N(CC(=O)O)C(C)(C)C. The fraction of sp³-hybridized carbons (Fsp3) is 0.818. The predicted molar refractivity (Wildman–Crippen MR) is 63.8 cm³/mol. The molecule has 0 radical (unpaired) electrons. The van der Waals surface area contributed by atoms with Gasteiger partial charge in [0.2, 0.25) is 5.91 Å². The van der Waals surface area contributed by atoms with E-state index in [1.807, 2.05) is 20.8 Å². The molecule has 2 N–H and O–H groups in total. The smallest absolute Gasteiger partial charge is 0.323 e. The molecule has 0 aromatic heterocycles. The number of methoxy groups -OCH3 is 1. The van der Waals surface area contributed by atoms with E-state index in [9.17, 15) is 9.59 Å². The van der Waals surface area contributed by atoms with Gasteiger partial charge in [-0.25, -0.2) is 0 Å². The Morgan fingerprint density at radius 2 is 1.94 bits per heavy atom. The average molecular weight is 246 g/mol. The van der Waals surface area contributed by atoms with Crippen molar-refractivity contribution >= 4 is 11.9 Å². The first-order valence-corrected chi connectivity index (χ1v) is 5.51. The first-order valence-electron chi connectivity index (χ1n) is 5.51. The van der Waals surface area contributed by atoms with E-state index in [4.69, 9.17) is 9.84 Å². The third-order valence-electron chi connectivity index (χ3n) is 2.16. The zero-order chi connectivity index (χ0) is 13.5. The number of amides is 1. The van der Waals surface area contributed by atoms with Crippen molar-refractivity contribution in [3.05, 3.63) is 0 Å². The second-order valence-corrected chi connectivity index (χ2v) is 4.71. The number of carbonyl (C=O) groups is 2. The summed E-state index contributed by atoms with van der Waals surface area (Å²) in [6.45, 7) is 6.34. The summed E-state index contributed by atoms with van der Waals surface area (Å²) in [6.07, 6.45) is 0. The number of carboxylic acid groups (broad SMARTS) is 1. The minimum atomic E-state index is -1.01. The molecule has 0 saturated heterocycles. The summed E-state index contributed by atoms with van der Waals surface area (Å²) in [5, 5.41) is 11.7. The maximum absolute atomic E-state index is 11.8. The van der Waals surface area contributed by atoms with Crippen LogP contribution >= 0.6 is 0 Å². The largest absolute Gasteiger partial charge is 0.480 e. The summed E-state index contributed by atoms with van der Waals surface area (Å²) < 4.78 is 4.83. The van der Waals surface area contributed by atoms with Crippen LogP contribution in [0.15, 0.2) is 0 Å². The van der Waals surface area contributed by atoms with Crippen molar-refractivity contribution in [1.29, 1.82) is 0 Å². The Labute approximate surface area is 102 Å². The lowest BCUT2D eigenvalue weighted by molar-refractivity contribution is -0.147. The minimum Gasteiger partial charge on any atom is -0.480 e. The molecule has 0 saturated carbocycles. The number of aliphatic carboxylic acids is 1. The van der Waals surface area contributed by atoms with E-state index in [1.165, 1.54) is 4.90 Å². The van der Waals surface area contributed by atoms with Crippen LogP contribution in [0.4, 0.5) is 0 Å². The molecule has 0 rings (SSSR count). The van der Waals surface area contributed by atoms with Crippen LogP contribution < -0.4 is 5.32 Å². The molecule has 6 heteroatoms. The van der Waals surface area contributed by atoms with Crippen molar-refractivity contribution in [1.82, 2.24) is 10.2 Å². The Balaban J connectivity index is 4.29. The van der Waals surface area contributed by atoms with Crippen LogP contribution in [0.25, 0.3) is 0 Å². The van der Waals surface area contributed by atoms with E-state index in [0.29, 0.717) is 13.2 Å². The maximum atomic E-state index is 11.8. The van der Waals surface area contributed by atoms with E-state index < -0.39 is 11.5 Å². The predicted octanol–water partition coefficient (Wildman–Crippen LogP) is -0.0659. The number of nitrogens with zero attached hydrogens (tertiary/aromatic N) is 1. The average Bonchev–Trinajstić information content (AvgIpc) is 2.19. The highest BCUT2D eigenvalue weighted by Crippen LogP contribution is 2.12. The molecule has 100 valence electrons. The first kappa shape index (κ1) is 15.9. The van der Waals surface area contributed by atoms with Crippen LogP contribution in [0.1, 0.15) is 20.8 Å². The molecule has 0 aliphatic heterocycles. The Kier molecular flexibility index (Phi) is 6.75. The number of carbonyl (C=O) groups excluding carboxylic acids is 1. The standard InChI is InChI=1S/C11H22N2O4/c1-11(2,3)13(8-10(15)16)9(14)7-12-5-6-17-4/h12H,5-8H2,1-4H3,(H,15,16). The van der Waals surface area contributed by atoms with Gasteiger partial charge in [0.15, 0.2) is 0 Å². The third kappa shape index (κ3) is 6.91. The minimum absolute atomic E-state index is 0.119. The van der Waals surface area contributed by atoms with Crippen molar-refractivity contribution in [2.75, 3.05) is 33.4 Å². The fourth-order valence-corrected chi connectivity index (χ4v) is 1.30. The van der Waals surface area contributed by atoms with Crippen LogP contribution in [0.2, 0.25) is 0 Å². The van der Waals surface area contributed by atoms with Crippen LogP contribution in [0, 0.1) is 0 Å². The molecule has 0 aromatic carbocycles. The molecule has 0 spiro atoms. The summed E-state index contributed by atoms with van der Waals surface area (Å²) in [5.41, 5.74) is -0.502. The molecule has 17 heavy (non-hydrogen) atoms. The topological polar surface area (TPSA) is 78.9 Å². The lowest BCUT2D eigenvalue weighted by Gasteiger charge is -2.34. The van der Waals surface area contributed by atoms with Gasteiger partial charge >= 0.3 is 5.97 Å². The molecule has 0 heterocycles. The number of hydrogen-bond donors (Lipinski definition) is 2. The molecule has 0 aromatic rings. The molecule has 0 aliphatic carbocycles. The maximum Gasteiger partial charge on any atom is 0.323 e. The van der Waals surface area contributed by atoms with E-state index in [1.54, 1.807) is 7.11 Å². The number of rotatable bonds is 7. The van der Waals surface area contributed by atoms with Gasteiger partial charge in [0.1, 0.15) is 6.54 Å². The van der Waals surface area contributed by atoms with Crippen molar-refractivity contribution in [3.8, 4) is 0 Å². The van der Waals surface area contributed by atoms with Crippen molar-refractivity contribution < 1.29 is 19.4 Å². The first-order chi connectivity index (χ1) is 7.79. The van der Waals surface area contributed by atoms with Crippen LogP contribution in [-0.4, -0.2) is 60.8 Å². The van der Waals surface area contributed by atoms with Crippen molar-refractivity contribution in [3.63, 3.8) is 0 Å². The number of ether oxygens (including phenoxy) is 1. The quantitative estimate of drug-likeness (QED) is 0.615. The lowest BCUT2D eigenvalue weighted by atomic mass is 10.1. The molecular weight excluding hydrogens is 224 g/mol. The molecule has 0 fully saturated rings. The van der Waals surface area contributed by atoms with Gasteiger partial charge < -0.3 is 20.1 Å². The number of carboxylic acids is 1. The van der Waals surface area contributed by atoms with Gasteiger partial charge in [-0.3, -0.25) is 9.59 Å². The second kappa shape index (κ2) is 7.24. The molecule has 6 nitrogen and oxygen atoms in total. The Hall–Kier alpha value is -1.14. The van der Waals surface area contributed by atoms with E-state index >= 15 is 0 Å². The monoisotopic (exact) mass is 246 g/mol. The van der Waals surface area contributed by atoms with Gasteiger partial charge in [0, 0.05) is 19.2 Å². The summed E-state index contributed by atoms with van der Waals surface area (Å²) >= 11 is 0. The summed E-state index contributed by atoms with van der Waals surface area (Å²) in [6, 6.07) is 0. The number of hydrogen-bond acceptors (Lipinski definition) is 4. The zero-order valence-corrected chi connectivity index (χ0v) is 10.9. The Morgan fingerprint density at radius 3 is 2.35 bits per heavy atom. The van der Waals surface area contributed by atoms with Crippen molar-refractivity contribution in [2.45, 2.75) is 26.3 Å². The van der Waals surface area contributed by atoms with Gasteiger partial charge in [-0.2, -0.15) is 0 Å². The fourth-order valence-electron chi connectivity index (χ4n) is 1.30. The van der Waals surface area contributed by atoms with E-state index in [2.05, 4.69) is 5.32 Å². The Morgan fingerprint density at radius 1 is 1.35 bits per heavy atom. The Bertz CT molecular complexity index is 261. The molecule has 0 atom stereocenters. The van der Waals surface area contributed by atoms with Gasteiger partial charge in [-0.1, -0.05) is 0 Å². The molecule has 0 aliphatic rings. The second-order valence-electron chi connectivity index (χ2n) is 4.71. The van der Waals surface area contributed by atoms with E-state index in [0.717, 1.165) is 0 Å². The highest BCUT2D eigenvalue weighted by molar-refractivity contribution is 5.83. The highest BCUT2D eigenvalue weighted by Gasteiger charge is 2.27. The van der Waals surface area contributed by atoms with Gasteiger partial charge in [-0.15, -0.1) is 0 Å². The molecule has 0 unspecified atom stereocenters. The van der Waals surface area contributed by atoms with Gasteiger partial charge in [-0.05, 0) is 20.8 Å². The molecule has 1 amide bonds. The number of nitrogens with one attached hydrogen (secondary N) is 1. The summed E-state index contributed by atoms with van der Waals surface area (Å²) in [7, 11) is 1.58. The zero-order valence-electron chi connectivity index (χ0n) is 10.9.